The molecule has 0 aromatic carbocycles. The molecule has 1 aliphatic rings. The summed E-state index contributed by atoms with van der Waals surface area (Å²) in [6.45, 7) is 6.01. The third kappa shape index (κ3) is 3.58. The van der Waals surface area contributed by atoms with Gasteiger partial charge in [0.05, 0.1) is 5.60 Å². The first-order valence-corrected chi connectivity index (χ1v) is 5.72. The highest BCUT2D eigenvalue weighted by atomic mass is 127. The Kier molecular flexibility index (Phi) is 3.79. The van der Waals surface area contributed by atoms with Crippen LogP contribution in [0.4, 0.5) is 0 Å². The Labute approximate surface area is 88.1 Å². The van der Waals surface area contributed by atoms with E-state index in [9.17, 15) is 0 Å². The van der Waals surface area contributed by atoms with Crippen LogP contribution < -0.4 is 0 Å². The summed E-state index contributed by atoms with van der Waals surface area (Å²) in [5.74, 6) is 0. The van der Waals surface area contributed by atoms with Gasteiger partial charge in [-0.3, -0.25) is 0 Å². The lowest BCUT2D eigenvalue weighted by molar-refractivity contribution is -0.370. The Morgan fingerprint density at radius 3 is 2.33 bits per heavy atom. The molecule has 1 rings (SSSR count). The molecule has 1 fully saturated rings. The van der Waals surface area contributed by atoms with Gasteiger partial charge in [-0.15, -0.1) is 0 Å². The molecule has 0 heterocycles. The van der Waals surface area contributed by atoms with Crippen LogP contribution in [0.2, 0.25) is 0 Å². The number of alkyl halides is 1. The fourth-order valence-corrected chi connectivity index (χ4v) is 2.12. The number of halogens is 1. The number of rotatable bonds is 2. The predicted octanol–water partition coefficient (Wildman–Crippen LogP) is 3.09. The predicted molar refractivity (Wildman–Crippen MR) is 57.4 cm³/mol. The minimum absolute atomic E-state index is 0.182. The maximum Gasteiger partial charge on any atom is 0.105 e. The molecule has 0 aromatic rings. The molecule has 0 amide bonds. The molecule has 0 spiro atoms. The van der Waals surface area contributed by atoms with Gasteiger partial charge in [-0.2, -0.15) is 0 Å². The Balaban J connectivity index is 2.23. The largest absolute Gasteiger partial charge is 0.232 e. The zero-order valence-electron chi connectivity index (χ0n) is 7.97. The highest BCUT2D eigenvalue weighted by molar-refractivity contribution is 14.1. The van der Waals surface area contributed by atoms with E-state index in [1.807, 2.05) is 20.8 Å². The SMILES string of the molecule is CC(C)(C)OO[C@@H]1CCC[C@H]1I. The van der Waals surface area contributed by atoms with Crippen molar-refractivity contribution in [3.8, 4) is 0 Å². The summed E-state index contributed by atoms with van der Waals surface area (Å²) >= 11 is 2.44. The molecular formula is C9H17IO2. The normalized spacial score (nSPS) is 31.0. The van der Waals surface area contributed by atoms with Gasteiger partial charge in [0.25, 0.3) is 0 Å². The zero-order valence-corrected chi connectivity index (χ0v) is 10.1. The van der Waals surface area contributed by atoms with Gasteiger partial charge < -0.3 is 0 Å². The molecule has 72 valence electrons. The van der Waals surface area contributed by atoms with Gasteiger partial charge in [0.1, 0.15) is 6.10 Å². The first kappa shape index (κ1) is 10.7. The van der Waals surface area contributed by atoms with Gasteiger partial charge in [0.15, 0.2) is 0 Å². The topological polar surface area (TPSA) is 18.5 Å². The van der Waals surface area contributed by atoms with Crippen molar-refractivity contribution in [2.75, 3.05) is 0 Å². The van der Waals surface area contributed by atoms with Gasteiger partial charge in [0.2, 0.25) is 0 Å². The summed E-state index contributed by atoms with van der Waals surface area (Å²) in [5, 5.41) is 0. The molecule has 2 atom stereocenters. The molecule has 1 aliphatic carbocycles. The third-order valence-electron chi connectivity index (χ3n) is 1.79. The van der Waals surface area contributed by atoms with Crippen LogP contribution in [0.25, 0.3) is 0 Å². The van der Waals surface area contributed by atoms with E-state index in [4.69, 9.17) is 9.78 Å². The van der Waals surface area contributed by atoms with E-state index < -0.39 is 0 Å². The van der Waals surface area contributed by atoms with Crippen molar-refractivity contribution >= 4 is 22.6 Å². The van der Waals surface area contributed by atoms with Gasteiger partial charge in [-0.25, -0.2) is 9.78 Å². The molecule has 0 aromatic heterocycles. The Bertz CT molecular complexity index is 142. The highest BCUT2D eigenvalue weighted by Crippen LogP contribution is 2.29. The van der Waals surface area contributed by atoms with Gasteiger partial charge >= 0.3 is 0 Å². The standard InChI is InChI=1S/C9H17IO2/c1-9(2,3)12-11-8-6-4-5-7(8)10/h7-8H,4-6H2,1-3H3/t7-,8-/m1/s1. The summed E-state index contributed by atoms with van der Waals surface area (Å²) in [7, 11) is 0. The lowest BCUT2D eigenvalue weighted by Gasteiger charge is -2.22. The van der Waals surface area contributed by atoms with Crippen LogP contribution in [0.5, 0.6) is 0 Å². The summed E-state index contributed by atoms with van der Waals surface area (Å²) in [6.07, 6.45) is 3.98. The average Bonchev–Trinajstić information content (AvgIpc) is 2.29. The first-order valence-electron chi connectivity index (χ1n) is 4.47. The van der Waals surface area contributed by atoms with Crippen molar-refractivity contribution in [2.45, 2.75) is 55.7 Å². The van der Waals surface area contributed by atoms with Crippen LogP contribution in [0, 0.1) is 0 Å². The van der Waals surface area contributed by atoms with Crippen LogP contribution in [0.15, 0.2) is 0 Å². The molecule has 0 saturated heterocycles. The van der Waals surface area contributed by atoms with Crippen molar-refractivity contribution in [3.05, 3.63) is 0 Å². The van der Waals surface area contributed by atoms with E-state index in [0.717, 1.165) is 6.42 Å². The second kappa shape index (κ2) is 4.24. The van der Waals surface area contributed by atoms with Crippen molar-refractivity contribution in [2.24, 2.45) is 0 Å². The van der Waals surface area contributed by atoms with Crippen LogP contribution in [0.1, 0.15) is 40.0 Å². The van der Waals surface area contributed by atoms with E-state index in [1.54, 1.807) is 0 Å². The van der Waals surface area contributed by atoms with Crippen LogP contribution in [-0.4, -0.2) is 15.6 Å². The van der Waals surface area contributed by atoms with E-state index in [1.165, 1.54) is 12.8 Å². The van der Waals surface area contributed by atoms with Crippen molar-refractivity contribution in [3.63, 3.8) is 0 Å². The summed E-state index contributed by atoms with van der Waals surface area (Å²) in [5.41, 5.74) is -0.182. The molecule has 0 unspecified atom stereocenters. The fraction of sp³-hybridized carbons (Fsp3) is 1.00. The molecule has 0 radical (unpaired) electrons. The second-order valence-electron chi connectivity index (χ2n) is 4.28. The van der Waals surface area contributed by atoms with Crippen LogP contribution >= 0.6 is 22.6 Å². The lowest BCUT2D eigenvalue weighted by Crippen LogP contribution is -2.26. The maximum absolute atomic E-state index is 5.37. The first-order chi connectivity index (χ1) is 5.49. The zero-order chi connectivity index (χ0) is 9.19. The Morgan fingerprint density at radius 2 is 1.92 bits per heavy atom. The molecule has 0 bridgehead atoms. The molecule has 1 saturated carbocycles. The minimum atomic E-state index is -0.182. The summed E-state index contributed by atoms with van der Waals surface area (Å²) in [6, 6.07) is 0. The fourth-order valence-electron chi connectivity index (χ4n) is 1.20. The van der Waals surface area contributed by atoms with Crippen molar-refractivity contribution in [1.29, 1.82) is 0 Å². The van der Waals surface area contributed by atoms with Crippen molar-refractivity contribution in [1.82, 2.24) is 0 Å². The molecule has 0 aliphatic heterocycles. The molecule has 12 heavy (non-hydrogen) atoms. The lowest BCUT2D eigenvalue weighted by atomic mass is 10.2. The van der Waals surface area contributed by atoms with Crippen LogP contribution in [0.3, 0.4) is 0 Å². The summed E-state index contributed by atoms with van der Waals surface area (Å²) < 4.78 is 0.630. The molecule has 3 heteroatoms. The van der Waals surface area contributed by atoms with Gasteiger partial charge in [-0.1, -0.05) is 22.6 Å². The van der Waals surface area contributed by atoms with E-state index in [2.05, 4.69) is 22.6 Å². The second-order valence-corrected chi connectivity index (χ2v) is 5.88. The highest BCUT2D eigenvalue weighted by Gasteiger charge is 2.28. The van der Waals surface area contributed by atoms with Gasteiger partial charge in [0, 0.05) is 3.92 Å². The number of hydrogen-bond acceptors (Lipinski definition) is 2. The van der Waals surface area contributed by atoms with E-state index in [-0.39, 0.29) is 5.60 Å². The molecular weight excluding hydrogens is 267 g/mol. The number of hydrogen-bond donors (Lipinski definition) is 0. The maximum atomic E-state index is 5.37. The Hall–Kier alpha value is 0.650. The smallest absolute Gasteiger partial charge is 0.105 e. The molecule has 0 N–H and O–H groups in total. The average molecular weight is 284 g/mol. The van der Waals surface area contributed by atoms with E-state index in [0.29, 0.717) is 10.0 Å². The third-order valence-corrected chi connectivity index (χ3v) is 3.22. The van der Waals surface area contributed by atoms with Crippen molar-refractivity contribution < 1.29 is 9.78 Å². The molecule has 2 nitrogen and oxygen atoms in total. The quantitative estimate of drug-likeness (QED) is 0.336. The summed E-state index contributed by atoms with van der Waals surface area (Å²) in [4.78, 5) is 10.7. The van der Waals surface area contributed by atoms with Gasteiger partial charge in [-0.05, 0) is 40.0 Å². The van der Waals surface area contributed by atoms with Crippen LogP contribution in [-0.2, 0) is 9.78 Å². The minimum Gasteiger partial charge on any atom is -0.232 e. The Morgan fingerprint density at radius 1 is 1.25 bits per heavy atom. The monoisotopic (exact) mass is 284 g/mol. The van der Waals surface area contributed by atoms with E-state index >= 15 is 0 Å².